The van der Waals surface area contributed by atoms with Crippen LogP contribution in [0, 0.1) is 0 Å². The number of hydrogen-bond acceptors (Lipinski definition) is 7. The molecule has 1 amide bonds. The van der Waals surface area contributed by atoms with Crippen molar-refractivity contribution in [3.8, 4) is 5.75 Å². The molecule has 2 aromatic heterocycles. The Balaban J connectivity index is 1.71. The van der Waals surface area contributed by atoms with Gasteiger partial charge in [-0.1, -0.05) is 30.1 Å². The van der Waals surface area contributed by atoms with E-state index >= 15 is 0 Å². The second-order valence-electron chi connectivity index (χ2n) is 7.54. The summed E-state index contributed by atoms with van der Waals surface area (Å²) >= 11 is 12.3. The van der Waals surface area contributed by atoms with Gasteiger partial charge in [-0.15, -0.1) is 0 Å². The van der Waals surface area contributed by atoms with E-state index in [2.05, 4.69) is 15.2 Å². The van der Waals surface area contributed by atoms with Gasteiger partial charge in [0.2, 0.25) is 5.78 Å². The number of halogens is 2. The first-order valence-electron chi connectivity index (χ1n) is 10.5. The number of anilines is 1. The number of carbonyl (C=O) groups excluding carboxylic acids is 2. The maximum absolute atomic E-state index is 13.3. The Labute approximate surface area is 200 Å². The third kappa shape index (κ3) is 4.70. The zero-order valence-corrected chi connectivity index (χ0v) is 19.7. The van der Waals surface area contributed by atoms with Gasteiger partial charge >= 0.3 is 0 Å². The van der Waals surface area contributed by atoms with Crippen LogP contribution >= 0.6 is 23.2 Å². The van der Waals surface area contributed by atoms with E-state index in [4.69, 9.17) is 37.1 Å². The number of benzene rings is 1. The van der Waals surface area contributed by atoms with Crippen LogP contribution in [0.5, 0.6) is 5.75 Å². The first kappa shape index (κ1) is 23.5. The smallest absolute Gasteiger partial charge is 0.256 e. The molecule has 0 aliphatic carbocycles. The molecule has 1 aliphatic heterocycles. The SMILES string of the molecule is CCC(C(=O)c1cc2c(C(=O)Nc3c(Cl)cncc3Cl)ccc(OC)c2o1)N1CCOCC1. The van der Waals surface area contributed by atoms with Crippen LogP contribution in [0.25, 0.3) is 11.0 Å². The minimum absolute atomic E-state index is 0.149. The van der Waals surface area contributed by atoms with E-state index in [9.17, 15) is 9.59 Å². The molecule has 8 nitrogen and oxygen atoms in total. The molecule has 0 radical (unpaired) electrons. The molecule has 1 fully saturated rings. The lowest BCUT2D eigenvalue weighted by Crippen LogP contribution is -2.47. The number of amides is 1. The number of ketones is 1. The minimum atomic E-state index is -0.460. The standard InChI is InChI=1S/C23H23Cl2N3O5/c1-3-17(28-6-8-32-9-7-28)21(29)19-10-14-13(4-5-18(31-2)22(14)33-19)23(30)27-20-15(24)11-26-12-16(20)25/h4-5,10-12,17H,3,6-9H2,1-2H3,(H,26,27,30). The molecule has 1 unspecified atom stereocenters. The van der Waals surface area contributed by atoms with Crippen molar-refractivity contribution >= 4 is 51.5 Å². The maximum atomic E-state index is 13.3. The zero-order valence-electron chi connectivity index (χ0n) is 18.2. The van der Waals surface area contributed by atoms with Gasteiger partial charge in [0.1, 0.15) is 0 Å². The second kappa shape index (κ2) is 10.1. The molecule has 33 heavy (non-hydrogen) atoms. The Morgan fingerprint density at radius 1 is 1.21 bits per heavy atom. The minimum Gasteiger partial charge on any atom is -0.493 e. The van der Waals surface area contributed by atoms with Crippen molar-refractivity contribution in [1.29, 1.82) is 0 Å². The first-order chi connectivity index (χ1) is 15.9. The van der Waals surface area contributed by atoms with Crippen LogP contribution in [0.3, 0.4) is 0 Å². The summed E-state index contributed by atoms with van der Waals surface area (Å²) in [5, 5.41) is 3.58. The van der Waals surface area contributed by atoms with Gasteiger partial charge in [-0.2, -0.15) is 0 Å². The van der Waals surface area contributed by atoms with Crippen LogP contribution in [0.4, 0.5) is 5.69 Å². The van der Waals surface area contributed by atoms with Gasteiger partial charge in [0.25, 0.3) is 5.91 Å². The highest BCUT2D eigenvalue weighted by Crippen LogP contribution is 2.34. The number of pyridine rings is 1. The molecule has 1 N–H and O–H groups in total. The van der Waals surface area contributed by atoms with Crippen LogP contribution in [-0.2, 0) is 4.74 Å². The normalized spacial score (nSPS) is 15.4. The average molecular weight is 492 g/mol. The monoisotopic (exact) mass is 491 g/mol. The highest BCUT2D eigenvalue weighted by Gasteiger charge is 2.30. The lowest BCUT2D eigenvalue weighted by molar-refractivity contribution is 0.0162. The number of Topliss-reactive ketones (excluding diaryl/α,β-unsaturated/α-hetero) is 1. The predicted molar refractivity (Wildman–Crippen MR) is 126 cm³/mol. The number of hydrogen-bond donors (Lipinski definition) is 1. The molecule has 0 spiro atoms. The fraction of sp³-hybridized carbons (Fsp3) is 0.348. The molecular weight excluding hydrogens is 469 g/mol. The van der Waals surface area contributed by atoms with E-state index in [1.54, 1.807) is 18.2 Å². The summed E-state index contributed by atoms with van der Waals surface area (Å²) in [6.45, 7) is 4.48. The number of rotatable bonds is 7. The van der Waals surface area contributed by atoms with Crippen molar-refractivity contribution in [3.63, 3.8) is 0 Å². The topological polar surface area (TPSA) is 93.9 Å². The molecular formula is C23H23Cl2N3O5. The average Bonchev–Trinajstić information content (AvgIpc) is 3.27. The van der Waals surface area contributed by atoms with Gasteiger partial charge < -0.3 is 19.2 Å². The van der Waals surface area contributed by atoms with Gasteiger partial charge in [0.05, 0.1) is 47.7 Å². The van der Waals surface area contributed by atoms with Crippen molar-refractivity contribution in [1.82, 2.24) is 9.88 Å². The fourth-order valence-electron chi connectivity index (χ4n) is 3.95. The van der Waals surface area contributed by atoms with Gasteiger partial charge in [0, 0.05) is 30.9 Å². The van der Waals surface area contributed by atoms with Gasteiger partial charge in [-0.3, -0.25) is 19.5 Å². The summed E-state index contributed by atoms with van der Waals surface area (Å²) in [7, 11) is 1.50. The molecule has 4 rings (SSSR count). The first-order valence-corrected chi connectivity index (χ1v) is 11.3. The summed E-state index contributed by atoms with van der Waals surface area (Å²) in [6, 6.07) is 4.47. The maximum Gasteiger partial charge on any atom is 0.256 e. The number of methoxy groups -OCH3 is 1. The van der Waals surface area contributed by atoms with Gasteiger partial charge in [0.15, 0.2) is 17.1 Å². The largest absolute Gasteiger partial charge is 0.493 e. The van der Waals surface area contributed by atoms with E-state index in [1.807, 2.05) is 6.92 Å². The number of ether oxygens (including phenoxy) is 2. The lowest BCUT2D eigenvalue weighted by Gasteiger charge is -2.32. The quantitative estimate of drug-likeness (QED) is 0.479. The van der Waals surface area contributed by atoms with E-state index < -0.39 is 5.91 Å². The van der Waals surface area contributed by atoms with Crippen molar-refractivity contribution in [3.05, 3.63) is 52.0 Å². The van der Waals surface area contributed by atoms with Crippen LogP contribution in [0.2, 0.25) is 10.0 Å². The number of fused-ring (bicyclic) bond motifs is 1. The highest BCUT2D eigenvalue weighted by molar-refractivity contribution is 6.39. The molecule has 3 heterocycles. The Morgan fingerprint density at radius 2 is 1.91 bits per heavy atom. The molecule has 0 saturated carbocycles. The van der Waals surface area contributed by atoms with Crippen molar-refractivity contribution in [2.75, 3.05) is 38.7 Å². The summed E-state index contributed by atoms with van der Waals surface area (Å²) in [5.41, 5.74) is 0.856. The Hall–Kier alpha value is -2.65. The predicted octanol–water partition coefficient (Wildman–Crippen LogP) is 4.69. The third-order valence-electron chi connectivity index (χ3n) is 5.62. The fourth-order valence-corrected chi connectivity index (χ4v) is 4.41. The van der Waals surface area contributed by atoms with E-state index in [0.29, 0.717) is 49.4 Å². The molecule has 1 saturated heterocycles. The summed E-state index contributed by atoms with van der Waals surface area (Å²) in [5.74, 6) is -0.0243. The number of aromatic nitrogens is 1. The number of furan rings is 1. The van der Waals surface area contributed by atoms with Crippen molar-refractivity contribution in [2.24, 2.45) is 0 Å². The van der Waals surface area contributed by atoms with Crippen LogP contribution in [-0.4, -0.2) is 61.0 Å². The van der Waals surface area contributed by atoms with Crippen LogP contribution in [0.1, 0.15) is 34.3 Å². The lowest BCUT2D eigenvalue weighted by atomic mass is 10.0. The number of nitrogens with zero attached hydrogens (tertiary/aromatic N) is 2. The van der Waals surface area contributed by atoms with Crippen LogP contribution < -0.4 is 10.1 Å². The Morgan fingerprint density at radius 3 is 2.55 bits per heavy atom. The highest BCUT2D eigenvalue weighted by atomic mass is 35.5. The summed E-state index contributed by atoms with van der Waals surface area (Å²) in [4.78, 5) is 32.4. The molecule has 1 atom stereocenters. The molecule has 174 valence electrons. The van der Waals surface area contributed by atoms with Crippen LogP contribution in [0.15, 0.2) is 35.0 Å². The van der Waals surface area contributed by atoms with Gasteiger partial charge in [-0.25, -0.2) is 0 Å². The third-order valence-corrected chi connectivity index (χ3v) is 6.20. The second-order valence-corrected chi connectivity index (χ2v) is 8.35. The molecule has 3 aromatic rings. The molecule has 0 bridgehead atoms. The summed E-state index contributed by atoms with van der Waals surface area (Å²) in [6.07, 6.45) is 3.40. The Kier molecular flexibility index (Phi) is 7.19. The van der Waals surface area contributed by atoms with E-state index in [1.165, 1.54) is 19.5 Å². The van der Waals surface area contributed by atoms with E-state index in [0.717, 1.165) is 0 Å². The van der Waals surface area contributed by atoms with E-state index in [-0.39, 0.29) is 38.9 Å². The Bertz CT molecular complexity index is 1170. The van der Waals surface area contributed by atoms with Crippen molar-refractivity contribution in [2.45, 2.75) is 19.4 Å². The number of carbonyl (C=O) groups is 2. The molecule has 10 heteroatoms. The molecule has 1 aromatic carbocycles. The molecule has 1 aliphatic rings. The number of morpholine rings is 1. The zero-order chi connectivity index (χ0) is 23.5. The van der Waals surface area contributed by atoms with Crippen molar-refractivity contribution < 1.29 is 23.5 Å². The summed E-state index contributed by atoms with van der Waals surface area (Å²) < 4.78 is 16.7. The van der Waals surface area contributed by atoms with Gasteiger partial charge in [-0.05, 0) is 24.6 Å². The number of nitrogens with one attached hydrogen (secondary N) is 1.